The molecule has 0 aromatic carbocycles. The summed E-state index contributed by atoms with van der Waals surface area (Å²) in [4.78, 5) is 24.4. The van der Waals surface area contributed by atoms with Crippen molar-refractivity contribution in [1.29, 1.82) is 0 Å². The molecule has 5 nitrogen and oxygen atoms in total. The Morgan fingerprint density at radius 1 is 1.29 bits per heavy atom. The third-order valence-electron chi connectivity index (χ3n) is 3.44. The lowest BCUT2D eigenvalue weighted by Gasteiger charge is -2.31. The number of aliphatic carboxylic acids is 1. The summed E-state index contributed by atoms with van der Waals surface area (Å²) < 4.78 is 0. The van der Waals surface area contributed by atoms with Crippen molar-refractivity contribution in [3.63, 3.8) is 0 Å². The number of likely N-dealkylation sites (tertiary alicyclic amines) is 1. The van der Waals surface area contributed by atoms with Gasteiger partial charge in [0, 0.05) is 19.1 Å². The average Bonchev–Trinajstić information content (AvgIpc) is 2.35. The van der Waals surface area contributed by atoms with E-state index in [9.17, 15) is 9.59 Å². The Kier molecular flexibility index (Phi) is 5.25. The normalized spacial score (nSPS) is 17.2. The van der Waals surface area contributed by atoms with Crippen LogP contribution >= 0.6 is 0 Å². The summed E-state index contributed by atoms with van der Waals surface area (Å²) in [5.74, 6) is -1.03. The first-order valence-corrected chi connectivity index (χ1v) is 6.36. The summed E-state index contributed by atoms with van der Waals surface area (Å²) in [5, 5.41) is 11.8. The van der Waals surface area contributed by atoms with Crippen LogP contribution in [-0.2, 0) is 4.79 Å². The Bertz CT molecular complexity index is 269. The van der Waals surface area contributed by atoms with Crippen molar-refractivity contribution in [2.45, 2.75) is 45.6 Å². The highest BCUT2D eigenvalue weighted by Gasteiger charge is 2.27. The Hall–Kier alpha value is -1.26. The van der Waals surface area contributed by atoms with Crippen LogP contribution in [0.25, 0.3) is 0 Å². The quantitative estimate of drug-likeness (QED) is 0.788. The van der Waals surface area contributed by atoms with Gasteiger partial charge in [-0.2, -0.15) is 0 Å². The van der Waals surface area contributed by atoms with Crippen LogP contribution in [0.3, 0.4) is 0 Å². The minimum atomic E-state index is -0.745. The number of carboxylic acid groups (broad SMARTS) is 1. The minimum absolute atomic E-state index is 0.0532. The van der Waals surface area contributed by atoms with E-state index in [0.717, 1.165) is 12.8 Å². The number of rotatable bonds is 4. The fourth-order valence-electron chi connectivity index (χ4n) is 2.09. The highest BCUT2D eigenvalue weighted by Crippen LogP contribution is 2.17. The third-order valence-corrected chi connectivity index (χ3v) is 3.44. The minimum Gasteiger partial charge on any atom is -0.481 e. The second-order valence-corrected chi connectivity index (χ2v) is 4.56. The monoisotopic (exact) mass is 242 g/mol. The number of nitrogens with one attached hydrogen (secondary N) is 1. The first kappa shape index (κ1) is 13.8. The molecule has 0 unspecified atom stereocenters. The van der Waals surface area contributed by atoms with Crippen LogP contribution in [0.15, 0.2) is 0 Å². The fourth-order valence-corrected chi connectivity index (χ4v) is 2.09. The van der Waals surface area contributed by atoms with Gasteiger partial charge in [-0.25, -0.2) is 4.79 Å². The van der Waals surface area contributed by atoms with Crippen LogP contribution in [0.1, 0.15) is 39.5 Å². The number of hydrogen-bond donors (Lipinski definition) is 2. The lowest BCUT2D eigenvalue weighted by molar-refractivity contribution is -0.143. The average molecular weight is 242 g/mol. The van der Waals surface area contributed by atoms with Crippen molar-refractivity contribution in [2.75, 3.05) is 13.1 Å². The summed E-state index contributed by atoms with van der Waals surface area (Å²) in [5.41, 5.74) is 0. The second-order valence-electron chi connectivity index (χ2n) is 4.56. The van der Waals surface area contributed by atoms with Crippen LogP contribution in [0.2, 0.25) is 0 Å². The van der Waals surface area contributed by atoms with E-state index in [0.29, 0.717) is 25.9 Å². The molecule has 1 rings (SSSR count). The van der Waals surface area contributed by atoms with E-state index in [4.69, 9.17) is 5.11 Å². The summed E-state index contributed by atoms with van der Waals surface area (Å²) in [6.45, 7) is 5.18. The van der Waals surface area contributed by atoms with E-state index in [2.05, 4.69) is 5.32 Å². The number of piperidine rings is 1. The predicted molar refractivity (Wildman–Crippen MR) is 64.8 cm³/mol. The van der Waals surface area contributed by atoms with E-state index in [1.165, 1.54) is 0 Å². The predicted octanol–water partition coefficient (Wildman–Crippen LogP) is 1.68. The summed E-state index contributed by atoms with van der Waals surface area (Å²) in [6, 6.07) is 0.169. The van der Waals surface area contributed by atoms with Gasteiger partial charge < -0.3 is 15.3 Å². The zero-order valence-electron chi connectivity index (χ0n) is 10.6. The van der Waals surface area contributed by atoms with E-state index in [-0.39, 0.29) is 18.0 Å². The molecule has 1 aliphatic rings. The van der Waals surface area contributed by atoms with Gasteiger partial charge >= 0.3 is 12.0 Å². The lowest BCUT2D eigenvalue weighted by Crippen LogP contribution is -2.48. The van der Waals surface area contributed by atoms with Crippen molar-refractivity contribution in [3.8, 4) is 0 Å². The molecule has 1 heterocycles. The molecule has 0 aliphatic carbocycles. The van der Waals surface area contributed by atoms with Crippen molar-refractivity contribution >= 4 is 12.0 Å². The van der Waals surface area contributed by atoms with Gasteiger partial charge in [-0.05, 0) is 25.7 Å². The van der Waals surface area contributed by atoms with Crippen LogP contribution in [0.5, 0.6) is 0 Å². The molecular formula is C12H22N2O3. The molecule has 1 fully saturated rings. The van der Waals surface area contributed by atoms with Crippen molar-refractivity contribution < 1.29 is 14.7 Å². The standard InChI is InChI=1S/C12H22N2O3/c1-3-10(4-2)13-12(17)14-7-5-9(6-8-14)11(15)16/h9-10H,3-8H2,1-2H3,(H,13,17)(H,15,16). The smallest absolute Gasteiger partial charge is 0.317 e. The number of carbonyl (C=O) groups excluding carboxylic acids is 1. The van der Waals surface area contributed by atoms with Crippen molar-refractivity contribution in [1.82, 2.24) is 10.2 Å². The summed E-state index contributed by atoms with van der Waals surface area (Å²) in [6.07, 6.45) is 2.97. The first-order chi connectivity index (χ1) is 8.08. The zero-order chi connectivity index (χ0) is 12.8. The maximum Gasteiger partial charge on any atom is 0.317 e. The lowest BCUT2D eigenvalue weighted by atomic mass is 9.97. The Morgan fingerprint density at radius 2 is 1.82 bits per heavy atom. The van der Waals surface area contributed by atoms with Crippen molar-refractivity contribution in [2.24, 2.45) is 5.92 Å². The van der Waals surface area contributed by atoms with Gasteiger partial charge in [0.25, 0.3) is 0 Å². The fraction of sp³-hybridized carbons (Fsp3) is 0.833. The molecular weight excluding hydrogens is 220 g/mol. The third kappa shape index (κ3) is 3.91. The van der Waals surface area contributed by atoms with Gasteiger partial charge in [0.15, 0.2) is 0 Å². The Labute approximate surface area is 102 Å². The molecule has 98 valence electrons. The molecule has 1 saturated heterocycles. The number of carboxylic acids is 1. The van der Waals surface area contributed by atoms with Gasteiger partial charge in [-0.3, -0.25) is 4.79 Å². The van der Waals surface area contributed by atoms with Crippen LogP contribution in [0, 0.1) is 5.92 Å². The van der Waals surface area contributed by atoms with Crippen molar-refractivity contribution in [3.05, 3.63) is 0 Å². The van der Waals surface area contributed by atoms with E-state index < -0.39 is 5.97 Å². The van der Waals surface area contributed by atoms with Gasteiger partial charge in [-0.1, -0.05) is 13.8 Å². The molecule has 1 aliphatic heterocycles. The zero-order valence-corrected chi connectivity index (χ0v) is 10.6. The number of hydrogen-bond acceptors (Lipinski definition) is 2. The van der Waals surface area contributed by atoms with Gasteiger partial charge in [0.05, 0.1) is 5.92 Å². The van der Waals surface area contributed by atoms with E-state index >= 15 is 0 Å². The summed E-state index contributed by atoms with van der Waals surface area (Å²) >= 11 is 0. The van der Waals surface area contributed by atoms with Crippen LogP contribution < -0.4 is 5.32 Å². The maximum absolute atomic E-state index is 11.9. The number of nitrogens with zero attached hydrogens (tertiary/aromatic N) is 1. The Morgan fingerprint density at radius 3 is 2.24 bits per heavy atom. The highest BCUT2D eigenvalue weighted by atomic mass is 16.4. The molecule has 0 atom stereocenters. The van der Waals surface area contributed by atoms with Crippen LogP contribution in [0.4, 0.5) is 4.79 Å². The topological polar surface area (TPSA) is 69.6 Å². The molecule has 0 aromatic rings. The first-order valence-electron chi connectivity index (χ1n) is 6.36. The van der Waals surface area contributed by atoms with E-state index in [1.54, 1.807) is 4.90 Å². The van der Waals surface area contributed by atoms with Gasteiger partial charge in [-0.15, -0.1) is 0 Å². The molecule has 17 heavy (non-hydrogen) atoms. The SMILES string of the molecule is CCC(CC)NC(=O)N1CCC(C(=O)O)CC1. The number of urea groups is 1. The molecule has 2 N–H and O–H groups in total. The van der Waals surface area contributed by atoms with E-state index in [1.807, 2.05) is 13.8 Å². The number of carbonyl (C=O) groups is 2. The molecule has 0 aromatic heterocycles. The second kappa shape index (κ2) is 6.47. The molecule has 0 bridgehead atoms. The van der Waals surface area contributed by atoms with Gasteiger partial charge in [0.1, 0.15) is 0 Å². The molecule has 2 amide bonds. The summed E-state index contributed by atoms with van der Waals surface area (Å²) in [7, 11) is 0. The highest BCUT2D eigenvalue weighted by molar-refractivity contribution is 5.75. The van der Waals surface area contributed by atoms with Crippen LogP contribution in [-0.4, -0.2) is 41.1 Å². The molecule has 0 spiro atoms. The number of amides is 2. The molecule has 0 saturated carbocycles. The maximum atomic E-state index is 11.9. The Balaban J connectivity index is 2.38. The molecule has 5 heteroatoms. The van der Waals surface area contributed by atoms with Gasteiger partial charge in [0.2, 0.25) is 0 Å². The largest absolute Gasteiger partial charge is 0.481 e. The molecule has 0 radical (unpaired) electrons.